The van der Waals surface area contributed by atoms with Crippen LogP contribution in [0.3, 0.4) is 0 Å². The predicted molar refractivity (Wildman–Crippen MR) is 68.8 cm³/mol. The van der Waals surface area contributed by atoms with Crippen LogP contribution in [0.2, 0.25) is 5.15 Å². The third kappa shape index (κ3) is 2.38. The largest absolute Gasteiger partial charge is 0.328 e. The summed E-state index contributed by atoms with van der Waals surface area (Å²) in [4.78, 5) is 26.6. The number of carbonyl (C=O) groups is 2. The average molecular weight is 261 g/mol. The Morgan fingerprint density at radius 3 is 2.61 bits per heavy atom. The number of nitrogens with one attached hydrogen (secondary N) is 1. The standard InChI is InChI=1S/C13H9ClN2O2/c14-13-10(5-3-7-15-13)12(18)9-4-1-2-6-11(9)16-8-17/h1-8H,(H,16,17). The number of halogens is 1. The van der Waals surface area contributed by atoms with Gasteiger partial charge in [0.05, 0.1) is 11.3 Å². The lowest BCUT2D eigenvalue weighted by Gasteiger charge is -2.07. The Kier molecular flexibility index (Phi) is 3.69. The Bertz CT molecular complexity index is 599. The van der Waals surface area contributed by atoms with Crippen LogP contribution in [-0.2, 0) is 4.79 Å². The number of carbonyl (C=O) groups excluding carboxylic acids is 2. The van der Waals surface area contributed by atoms with E-state index in [1.54, 1.807) is 36.4 Å². The number of amides is 1. The van der Waals surface area contributed by atoms with Crippen molar-refractivity contribution in [2.75, 3.05) is 5.32 Å². The van der Waals surface area contributed by atoms with E-state index in [1.807, 2.05) is 0 Å². The smallest absolute Gasteiger partial charge is 0.211 e. The second kappa shape index (κ2) is 5.42. The van der Waals surface area contributed by atoms with Gasteiger partial charge in [0.2, 0.25) is 6.41 Å². The van der Waals surface area contributed by atoms with Gasteiger partial charge in [-0.15, -0.1) is 0 Å². The van der Waals surface area contributed by atoms with E-state index in [0.717, 1.165) is 0 Å². The van der Waals surface area contributed by atoms with Crippen LogP contribution in [0.4, 0.5) is 5.69 Å². The molecule has 1 amide bonds. The lowest BCUT2D eigenvalue weighted by Crippen LogP contribution is -2.07. The van der Waals surface area contributed by atoms with Crippen LogP contribution < -0.4 is 5.32 Å². The van der Waals surface area contributed by atoms with Crippen molar-refractivity contribution in [1.29, 1.82) is 0 Å². The Hall–Kier alpha value is -2.20. The minimum atomic E-state index is -0.280. The molecule has 0 atom stereocenters. The summed E-state index contributed by atoms with van der Waals surface area (Å²) in [5.74, 6) is -0.280. The minimum Gasteiger partial charge on any atom is -0.328 e. The van der Waals surface area contributed by atoms with Crippen LogP contribution in [0, 0.1) is 0 Å². The predicted octanol–water partition coefficient (Wildman–Crippen LogP) is 2.53. The summed E-state index contributed by atoms with van der Waals surface area (Å²) in [7, 11) is 0. The van der Waals surface area contributed by atoms with Crippen LogP contribution in [0.1, 0.15) is 15.9 Å². The number of benzene rings is 1. The molecule has 0 spiro atoms. The van der Waals surface area contributed by atoms with E-state index in [9.17, 15) is 9.59 Å². The maximum atomic E-state index is 12.3. The molecule has 0 aliphatic carbocycles. The Morgan fingerprint density at radius 1 is 1.17 bits per heavy atom. The van der Waals surface area contributed by atoms with Gasteiger partial charge in [-0.25, -0.2) is 4.98 Å². The van der Waals surface area contributed by atoms with Crippen molar-refractivity contribution in [3.63, 3.8) is 0 Å². The number of aromatic nitrogens is 1. The van der Waals surface area contributed by atoms with Crippen LogP contribution in [-0.4, -0.2) is 17.2 Å². The summed E-state index contributed by atoms with van der Waals surface area (Å²) in [6, 6.07) is 9.94. The van der Waals surface area contributed by atoms with Gasteiger partial charge < -0.3 is 5.32 Å². The quantitative estimate of drug-likeness (QED) is 0.522. The van der Waals surface area contributed by atoms with Crippen molar-refractivity contribution in [2.24, 2.45) is 0 Å². The van der Waals surface area contributed by atoms with Crippen molar-refractivity contribution in [1.82, 2.24) is 4.98 Å². The molecule has 90 valence electrons. The molecule has 2 aromatic rings. The highest BCUT2D eigenvalue weighted by atomic mass is 35.5. The zero-order chi connectivity index (χ0) is 13.0. The van der Waals surface area contributed by atoms with Gasteiger partial charge in [-0.05, 0) is 24.3 Å². The van der Waals surface area contributed by atoms with Gasteiger partial charge in [0.15, 0.2) is 5.78 Å². The summed E-state index contributed by atoms with van der Waals surface area (Å²) < 4.78 is 0. The molecule has 0 aliphatic heterocycles. The number of hydrogen-bond acceptors (Lipinski definition) is 3. The number of hydrogen-bond donors (Lipinski definition) is 1. The van der Waals surface area contributed by atoms with Gasteiger partial charge >= 0.3 is 0 Å². The van der Waals surface area contributed by atoms with Crippen molar-refractivity contribution >= 4 is 29.5 Å². The molecule has 0 saturated heterocycles. The first-order chi connectivity index (χ1) is 8.74. The number of pyridine rings is 1. The summed E-state index contributed by atoms with van der Waals surface area (Å²) in [6.45, 7) is 0. The fourth-order valence-electron chi connectivity index (χ4n) is 1.57. The number of para-hydroxylation sites is 1. The first-order valence-corrected chi connectivity index (χ1v) is 5.56. The second-order valence-electron chi connectivity index (χ2n) is 3.48. The van der Waals surface area contributed by atoms with Crippen molar-refractivity contribution in [3.05, 3.63) is 58.9 Å². The highest BCUT2D eigenvalue weighted by Crippen LogP contribution is 2.21. The number of ketones is 1. The number of nitrogens with zero attached hydrogens (tertiary/aromatic N) is 1. The monoisotopic (exact) mass is 260 g/mol. The van der Waals surface area contributed by atoms with Gasteiger partial charge in [0.25, 0.3) is 0 Å². The molecule has 1 N–H and O–H groups in total. The Morgan fingerprint density at radius 2 is 1.89 bits per heavy atom. The minimum absolute atomic E-state index is 0.142. The van der Waals surface area contributed by atoms with E-state index in [-0.39, 0.29) is 10.9 Å². The lowest BCUT2D eigenvalue weighted by atomic mass is 10.0. The third-order valence-electron chi connectivity index (χ3n) is 2.39. The fourth-order valence-corrected chi connectivity index (χ4v) is 1.78. The van der Waals surface area contributed by atoms with E-state index in [0.29, 0.717) is 23.2 Å². The highest BCUT2D eigenvalue weighted by Gasteiger charge is 2.16. The highest BCUT2D eigenvalue weighted by molar-refractivity contribution is 6.34. The van der Waals surface area contributed by atoms with Gasteiger partial charge in [0, 0.05) is 11.8 Å². The number of anilines is 1. The molecule has 0 radical (unpaired) electrons. The molecule has 2 rings (SSSR count). The Labute approximate surface area is 109 Å². The summed E-state index contributed by atoms with van der Waals surface area (Å²) in [5, 5.41) is 2.62. The normalized spacial score (nSPS) is 9.83. The van der Waals surface area contributed by atoms with Gasteiger partial charge in [-0.3, -0.25) is 9.59 Å². The molecule has 1 aromatic heterocycles. The molecular weight excluding hydrogens is 252 g/mol. The first kappa shape index (κ1) is 12.3. The topological polar surface area (TPSA) is 59.1 Å². The first-order valence-electron chi connectivity index (χ1n) is 5.18. The van der Waals surface area contributed by atoms with Gasteiger partial charge in [-0.2, -0.15) is 0 Å². The van der Waals surface area contributed by atoms with Crippen LogP contribution in [0.25, 0.3) is 0 Å². The molecule has 1 aromatic carbocycles. The average Bonchev–Trinajstić information content (AvgIpc) is 2.40. The summed E-state index contributed by atoms with van der Waals surface area (Å²) >= 11 is 5.88. The molecule has 0 aliphatic rings. The van der Waals surface area contributed by atoms with Gasteiger partial charge in [-0.1, -0.05) is 23.7 Å². The second-order valence-corrected chi connectivity index (χ2v) is 3.84. The molecule has 5 heteroatoms. The number of rotatable bonds is 4. The maximum Gasteiger partial charge on any atom is 0.211 e. The molecule has 0 unspecified atom stereocenters. The molecule has 0 fully saturated rings. The van der Waals surface area contributed by atoms with Crippen LogP contribution >= 0.6 is 11.6 Å². The van der Waals surface area contributed by atoms with Crippen molar-refractivity contribution in [2.45, 2.75) is 0 Å². The zero-order valence-corrected chi connectivity index (χ0v) is 10.0. The summed E-state index contributed by atoms with van der Waals surface area (Å²) in [6.07, 6.45) is 2.03. The molecule has 4 nitrogen and oxygen atoms in total. The van der Waals surface area contributed by atoms with E-state index < -0.39 is 0 Å². The Balaban J connectivity index is 2.46. The fraction of sp³-hybridized carbons (Fsp3) is 0. The van der Waals surface area contributed by atoms with E-state index in [2.05, 4.69) is 10.3 Å². The van der Waals surface area contributed by atoms with E-state index >= 15 is 0 Å². The molecule has 18 heavy (non-hydrogen) atoms. The van der Waals surface area contributed by atoms with Crippen molar-refractivity contribution in [3.8, 4) is 0 Å². The van der Waals surface area contributed by atoms with E-state index in [4.69, 9.17) is 11.6 Å². The summed E-state index contributed by atoms with van der Waals surface area (Å²) in [5.41, 5.74) is 1.12. The maximum absolute atomic E-state index is 12.3. The molecule has 1 heterocycles. The third-order valence-corrected chi connectivity index (χ3v) is 2.69. The zero-order valence-electron chi connectivity index (χ0n) is 9.26. The van der Waals surface area contributed by atoms with Crippen molar-refractivity contribution < 1.29 is 9.59 Å². The molecular formula is C13H9ClN2O2. The molecule has 0 saturated carbocycles. The lowest BCUT2D eigenvalue weighted by molar-refractivity contribution is -0.105. The SMILES string of the molecule is O=CNc1ccccc1C(=O)c1cccnc1Cl. The van der Waals surface area contributed by atoms with Crippen LogP contribution in [0.5, 0.6) is 0 Å². The van der Waals surface area contributed by atoms with E-state index in [1.165, 1.54) is 6.20 Å². The van der Waals surface area contributed by atoms with Gasteiger partial charge in [0.1, 0.15) is 5.15 Å². The van der Waals surface area contributed by atoms with Crippen LogP contribution in [0.15, 0.2) is 42.6 Å². The molecule has 0 bridgehead atoms.